The van der Waals surface area contributed by atoms with E-state index in [0.29, 0.717) is 12.3 Å². The summed E-state index contributed by atoms with van der Waals surface area (Å²) in [4.78, 5) is 25.2. The standard InChI is InChI=1S/C18H25N5O2/c1-4-22(5-2)18(24)23-8-6-7-14(11-23)17-15(10-19-12-20-17)16-9-13(3)21-25-16/h9-10,12,14H,4-8,11H2,1-3H3/t14-/m1/s1. The number of likely N-dealkylation sites (tertiary alicyclic amines) is 1. The molecule has 1 atom stereocenters. The predicted molar refractivity (Wildman–Crippen MR) is 94.1 cm³/mol. The molecule has 1 aliphatic heterocycles. The molecule has 7 nitrogen and oxygen atoms in total. The van der Waals surface area contributed by atoms with Gasteiger partial charge in [0.05, 0.1) is 17.0 Å². The molecule has 0 bridgehead atoms. The van der Waals surface area contributed by atoms with Gasteiger partial charge in [-0.3, -0.25) is 0 Å². The molecule has 2 aromatic heterocycles. The van der Waals surface area contributed by atoms with Crippen molar-refractivity contribution in [3.63, 3.8) is 0 Å². The summed E-state index contributed by atoms with van der Waals surface area (Å²) in [5.74, 6) is 0.858. The lowest BCUT2D eigenvalue weighted by atomic mass is 9.91. The van der Waals surface area contributed by atoms with Crippen LogP contribution in [0.2, 0.25) is 0 Å². The minimum Gasteiger partial charge on any atom is -0.356 e. The van der Waals surface area contributed by atoms with Crippen LogP contribution < -0.4 is 0 Å². The van der Waals surface area contributed by atoms with Crippen molar-refractivity contribution in [2.24, 2.45) is 0 Å². The Bertz CT molecular complexity index is 726. The lowest BCUT2D eigenvalue weighted by Crippen LogP contribution is -2.47. The van der Waals surface area contributed by atoms with E-state index in [2.05, 4.69) is 15.1 Å². The molecule has 0 radical (unpaired) electrons. The highest BCUT2D eigenvalue weighted by Crippen LogP contribution is 2.33. The maximum Gasteiger partial charge on any atom is 0.319 e. The van der Waals surface area contributed by atoms with Gasteiger partial charge in [-0.25, -0.2) is 14.8 Å². The zero-order valence-electron chi connectivity index (χ0n) is 15.1. The molecule has 0 unspecified atom stereocenters. The Morgan fingerprint density at radius 3 is 2.88 bits per heavy atom. The fraction of sp³-hybridized carbons (Fsp3) is 0.556. The minimum absolute atomic E-state index is 0.112. The molecule has 0 aliphatic carbocycles. The zero-order chi connectivity index (χ0) is 17.8. The van der Waals surface area contributed by atoms with Gasteiger partial charge in [0.25, 0.3) is 0 Å². The smallest absolute Gasteiger partial charge is 0.319 e. The maximum atomic E-state index is 12.7. The summed E-state index contributed by atoms with van der Waals surface area (Å²) in [7, 11) is 0. The number of amides is 2. The van der Waals surface area contributed by atoms with Gasteiger partial charge in [0.15, 0.2) is 5.76 Å². The van der Waals surface area contributed by atoms with E-state index in [1.807, 2.05) is 36.6 Å². The Hall–Kier alpha value is -2.44. The molecule has 2 aromatic rings. The fourth-order valence-corrected chi connectivity index (χ4v) is 3.41. The third kappa shape index (κ3) is 3.65. The highest BCUT2D eigenvalue weighted by atomic mass is 16.5. The van der Waals surface area contributed by atoms with Crippen LogP contribution in [0, 0.1) is 6.92 Å². The van der Waals surface area contributed by atoms with Crippen LogP contribution in [0.5, 0.6) is 0 Å². The van der Waals surface area contributed by atoms with Crippen LogP contribution in [0.1, 0.15) is 44.0 Å². The van der Waals surface area contributed by atoms with E-state index in [1.165, 1.54) is 0 Å². The molecule has 0 aromatic carbocycles. The first-order valence-corrected chi connectivity index (χ1v) is 8.91. The van der Waals surface area contributed by atoms with Crippen molar-refractivity contribution in [2.75, 3.05) is 26.2 Å². The molecule has 0 saturated carbocycles. The molecular weight excluding hydrogens is 318 g/mol. The van der Waals surface area contributed by atoms with Crippen LogP contribution in [0.3, 0.4) is 0 Å². The number of aromatic nitrogens is 3. The monoisotopic (exact) mass is 343 g/mol. The normalized spacial score (nSPS) is 17.6. The van der Waals surface area contributed by atoms with Crippen molar-refractivity contribution in [3.8, 4) is 11.3 Å². The lowest BCUT2D eigenvalue weighted by molar-refractivity contribution is 0.142. The van der Waals surface area contributed by atoms with Crippen molar-refractivity contribution in [2.45, 2.75) is 39.5 Å². The molecule has 1 saturated heterocycles. The van der Waals surface area contributed by atoms with E-state index in [1.54, 1.807) is 12.5 Å². The Labute approximate surface area is 148 Å². The van der Waals surface area contributed by atoms with E-state index < -0.39 is 0 Å². The van der Waals surface area contributed by atoms with Crippen LogP contribution >= 0.6 is 0 Å². The average molecular weight is 343 g/mol. The summed E-state index contributed by atoms with van der Waals surface area (Å²) in [5, 5.41) is 3.97. The lowest BCUT2D eigenvalue weighted by Gasteiger charge is -2.36. The maximum absolute atomic E-state index is 12.7. The van der Waals surface area contributed by atoms with Gasteiger partial charge in [-0.1, -0.05) is 5.16 Å². The molecule has 3 heterocycles. The first-order valence-electron chi connectivity index (χ1n) is 8.91. The first kappa shape index (κ1) is 17.4. The van der Waals surface area contributed by atoms with E-state index in [0.717, 1.165) is 49.4 Å². The van der Waals surface area contributed by atoms with Gasteiger partial charge in [-0.2, -0.15) is 0 Å². The third-order valence-electron chi connectivity index (χ3n) is 4.75. The molecule has 2 amide bonds. The second kappa shape index (κ2) is 7.63. The number of hydrogen-bond acceptors (Lipinski definition) is 5. The van der Waals surface area contributed by atoms with Gasteiger partial charge in [0.2, 0.25) is 0 Å². The highest BCUT2D eigenvalue weighted by Gasteiger charge is 2.29. The average Bonchev–Trinajstić information content (AvgIpc) is 3.09. The van der Waals surface area contributed by atoms with Crippen molar-refractivity contribution < 1.29 is 9.32 Å². The minimum atomic E-state index is 0.112. The topological polar surface area (TPSA) is 75.4 Å². The number of nitrogens with zero attached hydrogens (tertiary/aromatic N) is 5. The molecule has 1 fully saturated rings. The molecule has 134 valence electrons. The first-order chi connectivity index (χ1) is 12.1. The van der Waals surface area contributed by atoms with Crippen LogP contribution in [-0.2, 0) is 0 Å². The molecule has 7 heteroatoms. The predicted octanol–water partition coefficient (Wildman–Crippen LogP) is 3.08. The second-order valence-electron chi connectivity index (χ2n) is 6.39. The number of aryl methyl sites for hydroxylation is 1. The number of carbonyl (C=O) groups excluding carboxylic acids is 1. The number of hydrogen-bond donors (Lipinski definition) is 0. The van der Waals surface area contributed by atoms with Crippen molar-refractivity contribution >= 4 is 6.03 Å². The van der Waals surface area contributed by atoms with Gasteiger partial charge in [-0.05, 0) is 33.6 Å². The van der Waals surface area contributed by atoms with Crippen LogP contribution in [-0.4, -0.2) is 57.1 Å². The number of urea groups is 1. The Kier molecular flexibility index (Phi) is 5.31. The van der Waals surface area contributed by atoms with Gasteiger partial charge in [0, 0.05) is 44.4 Å². The van der Waals surface area contributed by atoms with E-state index in [9.17, 15) is 4.79 Å². The quantitative estimate of drug-likeness (QED) is 0.853. The Morgan fingerprint density at radius 2 is 2.20 bits per heavy atom. The third-order valence-corrected chi connectivity index (χ3v) is 4.75. The van der Waals surface area contributed by atoms with Gasteiger partial charge < -0.3 is 14.3 Å². The van der Waals surface area contributed by atoms with Gasteiger partial charge >= 0.3 is 6.03 Å². The summed E-state index contributed by atoms with van der Waals surface area (Å²) in [6.45, 7) is 8.84. The van der Waals surface area contributed by atoms with E-state index >= 15 is 0 Å². The highest BCUT2D eigenvalue weighted by molar-refractivity contribution is 5.74. The summed E-state index contributed by atoms with van der Waals surface area (Å²) in [5.41, 5.74) is 2.63. The number of rotatable bonds is 4. The van der Waals surface area contributed by atoms with Gasteiger partial charge in [-0.15, -0.1) is 0 Å². The second-order valence-corrected chi connectivity index (χ2v) is 6.39. The largest absolute Gasteiger partial charge is 0.356 e. The van der Waals surface area contributed by atoms with Crippen molar-refractivity contribution in [1.29, 1.82) is 0 Å². The molecule has 25 heavy (non-hydrogen) atoms. The van der Waals surface area contributed by atoms with E-state index in [-0.39, 0.29) is 11.9 Å². The summed E-state index contributed by atoms with van der Waals surface area (Å²) in [6, 6.07) is 2.00. The molecular formula is C18H25N5O2. The number of piperidine rings is 1. The van der Waals surface area contributed by atoms with Gasteiger partial charge in [0.1, 0.15) is 6.33 Å². The zero-order valence-corrected chi connectivity index (χ0v) is 15.1. The molecule has 3 rings (SSSR count). The molecule has 0 spiro atoms. The Balaban J connectivity index is 1.84. The summed E-state index contributed by atoms with van der Waals surface area (Å²) >= 11 is 0. The summed E-state index contributed by atoms with van der Waals surface area (Å²) in [6.07, 6.45) is 5.30. The SMILES string of the molecule is CCN(CC)C(=O)N1CCC[C@@H](c2ncncc2-c2cc(C)no2)C1. The van der Waals surface area contributed by atoms with Crippen molar-refractivity contribution in [1.82, 2.24) is 24.9 Å². The fourth-order valence-electron chi connectivity index (χ4n) is 3.41. The Morgan fingerprint density at radius 1 is 1.40 bits per heavy atom. The van der Waals surface area contributed by atoms with Crippen LogP contribution in [0.4, 0.5) is 4.79 Å². The molecule has 0 N–H and O–H groups in total. The van der Waals surface area contributed by atoms with Crippen LogP contribution in [0.25, 0.3) is 11.3 Å². The molecule has 1 aliphatic rings. The van der Waals surface area contributed by atoms with Crippen LogP contribution in [0.15, 0.2) is 23.1 Å². The summed E-state index contributed by atoms with van der Waals surface area (Å²) < 4.78 is 5.41. The van der Waals surface area contributed by atoms with Crippen molar-refractivity contribution in [3.05, 3.63) is 30.0 Å². The number of carbonyl (C=O) groups is 1. The van der Waals surface area contributed by atoms with E-state index in [4.69, 9.17) is 4.52 Å².